The van der Waals surface area contributed by atoms with Crippen molar-refractivity contribution >= 4 is 33.3 Å². The Balaban J connectivity index is 1.61. The number of aromatic nitrogens is 2. The molecule has 122 valence electrons. The molecule has 0 aliphatic carbocycles. The lowest BCUT2D eigenvalue weighted by Gasteiger charge is -2.02. The molecule has 2 heterocycles. The van der Waals surface area contributed by atoms with Crippen molar-refractivity contribution in [2.45, 2.75) is 0 Å². The molecule has 0 bridgehead atoms. The topological polar surface area (TPSA) is 85.1 Å². The first-order valence-corrected chi connectivity index (χ1v) is 8.25. The highest BCUT2D eigenvalue weighted by molar-refractivity contribution is 7.18. The van der Waals surface area contributed by atoms with Crippen LogP contribution in [-0.2, 0) is 0 Å². The molecule has 1 amide bonds. The number of anilines is 1. The fourth-order valence-electron chi connectivity index (χ4n) is 2.35. The largest absolute Gasteiger partial charge is 0.451 e. The summed E-state index contributed by atoms with van der Waals surface area (Å²) in [6.45, 7) is 0. The summed E-state index contributed by atoms with van der Waals surface area (Å²) in [4.78, 5) is 24.4. The molecule has 0 spiro atoms. The van der Waals surface area contributed by atoms with Gasteiger partial charge >= 0.3 is 0 Å². The Morgan fingerprint density at radius 2 is 1.76 bits per heavy atom. The van der Waals surface area contributed by atoms with E-state index in [2.05, 4.69) is 15.5 Å². The van der Waals surface area contributed by atoms with Gasteiger partial charge in [0.05, 0.1) is 5.39 Å². The molecule has 0 saturated heterocycles. The fraction of sp³-hybridized carbons (Fsp3) is 0. The normalized spacial score (nSPS) is 10.7. The predicted molar refractivity (Wildman–Crippen MR) is 95.8 cm³/mol. The number of hydrogen-bond donors (Lipinski definition) is 1. The highest BCUT2D eigenvalue weighted by Crippen LogP contribution is 2.26. The van der Waals surface area contributed by atoms with E-state index in [0.29, 0.717) is 21.1 Å². The third-order valence-electron chi connectivity index (χ3n) is 3.52. The summed E-state index contributed by atoms with van der Waals surface area (Å²) in [6.07, 6.45) is 0. The number of hydrogen-bond acceptors (Lipinski definition) is 6. The van der Waals surface area contributed by atoms with Gasteiger partial charge < -0.3 is 4.42 Å². The predicted octanol–water partition coefficient (Wildman–Crippen LogP) is 3.56. The van der Waals surface area contributed by atoms with Gasteiger partial charge in [0, 0.05) is 11.6 Å². The van der Waals surface area contributed by atoms with Crippen LogP contribution in [0.15, 0.2) is 69.9 Å². The van der Waals surface area contributed by atoms with Crippen molar-refractivity contribution in [2.24, 2.45) is 0 Å². The van der Waals surface area contributed by atoms with Crippen LogP contribution in [0.1, 0.15) is 10.6 Å². The van der Waals surface area contributed by atoms with Gasteiger partial charge in [-0.25, -0.2) is 0 Å². The van der Waals surface area contributed by atoms with Gasteiger partial charge in [0.1, 0.15) is 10.6 Å². The summed E-state index contributed by atoms with van der Waals surface area (Å²) < 4.78 is 5.51. The minimum absolute atomic E-state index is 0.0693. The van der Waals surface area contributed by atoms with Crippen LogP contribution in [0.5, 0.6) is 0 Å². The zero-order valence-corrected chi connectivity index (χ0v) is 13.6. The van der Waals surface area contributed by atoms with Crippen LogP contribution in [0.25, 0.3) is 21.5 Å². The van der Waals surface area contributed by atoms with Gasteiger partial charge in [0.15, 0.2) is 11.2 Å². The van der Waals surface area contributed by atoms with Crippen LogP contribution in [0.2, 0.25) is 0 Å². The minimum atomic E-state index is -0.543. The van der Waals surface area contributed by atoms with E-state index in [1.807, 2.05) is 30.3 Å². The van der Waals surface area contributed by atoms with Crippen LogP contribution >= 0.6 is 11.3 Å². The van der Waals surface area contributed by atoms with Gasteiger partial charge in [-0.15, -0.1) is 10.2 Å². The first-order valence-electron chi connectivity index (χ1n) is 7.44. The van der Waals surface area contributed by atoms with Crippen LogP contribution < -0.4 is 10.7 Å². The van der Waals surface area contributed by atoms with E-state index in [-0.39, 0.29) is 11.2 Å². The molecule has 2 aromatic carbocycles. The molecule has 0 saturated carbocycles. The zero-order chi connectivity index (χ0) is 17.2. The number of nitrogens with one attached hydrogen (secondary N) is 1. The van der Waals surface area contributed by atoms with Gasteiger partial charge in [-0.1, -0.05) is 53.8 Å². The van der Waals surface area contributed by atoms with Crippen molar-refractivity contribution < 1.29 is 9.21 Å². The van der Waals surface area contributed by atoms with Gasteiger partial charge in [0.2, 0.25) is 5.13 Å². The Hall–Kier alpha value is -3.32. The molecule has 4 rings (SSSR count). The number of para-hydroxylation sites is 1. The van der Waals surface area contributed by atoms with Crippen molar-refractivity contribution in [3.8, 4) is 10.6 Å². The standard InChI is InChI=1S/C18H11N3O3S/c22-13-10-15(24-14-9-5-4-8-12(13)14)16(23)19-18-21-20-17(25-18)11-6-2-1-3-7-11/h1-10H,(H,19,21,23). The lowest BCUT2D eigenvalue weighted by atomic mass is 10.2. The monoisotopic (exact) mass is 349 g/mol. The number of nitrogens with zero attached hydrogens (tertiary/aromatic N) is 2. The average Bonchev–Trinajstić information content (AvgIpc) is 3.11. The second kappa shape index (κ2) is 6.29. The summed E-state index contributed by atoms with van der Waals surface area (Å²) in [5.74, 6) is -0.612. The van der Waals surface area contributed by atoms with E-state index in [0.717, 1.165) is 5.56 Å². The first-order chi connectivity index (χ1) is 12.2. The lowest BCUT2D eigenvalue weighted by Crippen LogP contribution is -2.14. The Labute approximate surface area is 145 Å². The summed E-state index contributed by atoms with van der Waals surface area (Å²) >= 11 is 1.24. The molecule has 0 aliphatic heterocycles. The van der Waals surface area contributed by atoms with E-state index in [4.69, 9.17) is 4.42 Å². The molecule has 0 atom stereocenters. The molecule has 4 aromatic rings. The maximum atomic E-state index is 12.4. The van der Waals surface area contributed by atoms with Gasteiger partial charge in [-0.05, 0) is 12.1 Å². The second-order valence-corrected chi connectivity index (χ2v) is 6.18. The molecule has 7 heteroatoms. The zero-order valence-electron chi connectivity index (χ0n) is 12.8. The number of amides is 1. The molecule has 1 N–H and O–H groups in total. The van der Waals surface area contributed by atoms with E-state index in [1.54, 1.807) is 24.3 Å². The summed E-state index contributed by atoms with van der Waals surface area (Å²) in [5, 5.41) is 12.1. The lowest BCUT2D eigenvalue weighted by molar-refractivity contribution is 0.0997. The SMILES string of the molecule is O=C(Nc1nnc(-c2ccccc2)s1)c1cc(=O)c2ccccc2o1. The minimum Gasteiger partial charge on any atom is -0.451 e. The Bertz CT molecular complexity index is 1120. The smallest absolute Gasteiger partial charge is 0.293 e. The maximum Gasteiger partial charge on any atom is 0.293 e. The number of carbonyl (C=O) groups is 1. The molecular weight excluding hydrogens is 338 g/mol. The Morgan fingerprint density at radius 3 is 2.60 bits per heavy atom. The molecule has 0 fully saturated rings. The van der Waals surface area contributed by atoms with Crippen LogP contribution in [0, 0.1) is 0 Å². The van der Waals surface area contributed by atoms with Gasteiger partial charge in [-0.3, -0.25) is 14.9 Å². The Morgan fingerprint density at radius 1 is 1.00 bits per heavy atom. The molecule has 0 aliphatic rings. The molecule has 6 nitrogen and oxygen atoms in total. The van der Waals surface area contributed by atoms with Crippen molar-refractivity contribution in [3.63, 3.8) is 0 Å². The van der Waals surface area contributed by atoms with Crippen molar-refractivity contribution in [2.75, 3.05) is 5.32 Å². The van der Waals surface area contributed by atoms with Crippen molar-refractivity contribution in [1.29, 1.82) is 0 Å². The van der Waals surface area contributed by atoms with E-state index in [9.17, 15) is 9.59 Å². The first kappa shape index (κ1) is 15.2. The summed E-state index contributed by atoms with van der Waals surface area (Å²) in [6, 6.07) is 17.5. The highest BCUT2D eigenvalue weighted by atomic mass is 32.1. The van der Waals surface area contributed by atoms with Crippen LogP contribution in [0.4, 0.5) is 5.13 Å². The maximum absolute atomic E-state index is 12.4. The molecule has 0 unspecified atom stereocenters. The van der Waals surface area contributed by atoms with Crippen LogP contribution in [-0.4, -0.2) is 16.1 Å². The fourth-order valence-corrected chi connectivity index (χ4v) is 3.09. The third-order valence-corrected chi connectivity index (χ3v) is 4.41. The third kappa shape index (κ3) is 3.05. The van der Waals surface area contributed by atoms with Crippen LogP contribution in [0.3, 0.4) is 0 Å². The number of carbonyl (C=O) groups excluding carboxylic acids is 1. The number of rotatable bonds is 3. The second-order valence-electron chi connectivity index (χ2n) is 5.20. The highest BCUT2D eigenvalue weighted by Gasteiger charge is 2.15. The van der Waals surface area contributed by atoms with Crippen molar-refractivity contribution in [3.05, 3.63) is 76.6 Å². The average molecular weight is 349 g/mol. The van der Waals surface area contributed by atoms with Gasteiger partial charge in [-0.2, -0.15) is 0 Å². The van der Waals surface area contributed by atoms with Gasteiger partial charge in [0.25, 0.3) is 5.91 Å². The summed E-state index contributed by atoms with van der Waals surface area (Å²) in [7, 11) is 0. The van der Waals surface area contributed by atoms with E-state index >= 15 is 0 Å². The number of benzene rings is 2. The molecule has 0 radical (unpaired) electrons. The molecular formula is C18H11N3O3S. The summed E-state index contributed by atoms with van der Waals surface area (Å²) in [5.41, 5.74) is 1.01. The number of fused-ring (bicyclic) bond motifs is 1. The molecule has 2 aromatic heterocycles. The Kier molecular flexibility index (Phi) is 3.83. The van der Waals surface area contributed by atoms with Crippen molar-refractivity contribution in [1.82, 2.24) is 10.2 Å². The van der Waals surface area contributed by atoms with E-state index in [1.165, 1.54) is 17.4 Å². The quantitative estimate of drug-likeness (QED) is 0.611. The van der Waals surface area contributed by atoms with E-state index < -0.39 is 5.91 Å². The molecule has 25 heavy (non-hydrogen) atoms.